The number of hydrogen-bond donors (Lipinski definition) is 0. The SMILES string of the molecule is CCOC(=O)C(N=Cc1ccc(F)cc1)(C(=O)OCC)[C@@H](C[N+](=O)[O-])c1ccccc1. The summed E-state index contributed by atoms with van der Waals surface area (Å²) < 4.78 is 23.5. The Hall–Kier alpha value is -3.62. The molecule has 9 heteroatoms. The van der Waals surface area contributed by atoms with Crippen LogP contribution in [0, 0.1) is 15.9 Å². The van der Waals surface area contributed by atoms with Gasteiger partial charge in [-0.2, -0.15) is 0 Å². The molecule has 0 N–H and O–H groups in total. The normalized spacial score (nSPS) is 12.4. The van der Waals surface area contributed by atoms with Crippen molar-refractivity contribution in [2.45, 2.75) is 25.3 Å². The number of carbonyl (C=O) groups is 2. The van der Waals surface area contributed by atoms with Crippen molar-refractivity contribution in [1.82, 2.24) is 0 Å². The minimum Gasteiger partial charge on any atom is -0.464 e. The van der Waals surface area contributed by atoms with Crippen LogP contribution in [0.2, 0.25) is 0 Å². The molecule has 0 fully saturated rings. The summed E-state index contributed by atoms with van der Waals surface area (Å²) in [7, 11) is 0. The van der Waals surface area contributed by atoms with Crippen LogP contribution >= 0.6 is 0 Å². The van der Waals surface area contributed by atoms with E-state index in [0.29, 0.717) is 11.1 Å². The number of nitro groups is 1. The monoisotopic (exact) mass is 430 g/mol. The second-order valence-corrected chi connectivity index (χ2v) is 6.50. The van der Waals surface area contributed by atoms with Gasteiger partial charge in [0.25, 0.3) is 5.54 Å². The third kappa shape index (κ3) is 5.71. The number of nitrogens with zero attached hydrogens (tertiary/aromatic N) is 2. The van der Waals surface area contributed by atoms with Gasteiger partial charge in [0.2, 0.25) is 6.54 Å². The Labute approximate surface area is 178 Å². The lowest BCUT2D eigenvalue weighted by molar-refractivity contribution is -0.484. The Morgan fingerprint density at radius 3 is 2.10 bits per heavy atom. The molecule has 0 aliphatic rings. The smallest absolute Gasteiger partial charge is 0.346 e. The van der Waals surface area contributed by atoms with E-state index in [1.165, 1.54) is 30.5 Å². The third-order valence-corrected chi connectivity index (χ3v) is 4.50. The van der Waals surface area contributed by atoms with E-state index in [1.54, 1.807) is 44.2 Å². The second kappa shape index (κ2) is 11.0. The molecule has 2 aromatic rings. The molecule has 0 aliphatic heterocycles. The van der Waals surface area contributed by atoms with Crippen LogP contribution in [0.5, 0.6) is 0 Å². The Morgan fingerprint density at radius 1 is 1.06 bits per heavy atom. The van der Waals surface area contributed by atoms with E-state index in [-0.39, 0.29) is 13.2 Å². The Morgan fingerprint density at radius 2 is 1.61 bits per heavy atom. The molecule has 1 atom stereocenters. The molecule has 2 aromatic carbocycles. The highest BCUT2D eigenvalue weighted by Crippen LogP contribution is 2.35. The highest BCUT2D eigenvalue weighted by Gasteiger charge is 2.57. The largest absolute Gasteiger partial charge is 0.464 e. The average Bonchev–Trinajstić information content (AvgIpc) is 2.75. The van der Waals surface area contributed by atoms with E-state index in [9.17, 15) is 24.1 Å². The zero-order valence-electron chi connectivity index (χ0n) is 17.2. The summed E-state index contributed by atoms with van der Waals surface area (Å²) >= 11 is 0. The molecule has 0 saturated carbocycles. The fraction of sp³-hybridized carbons (Fsp3) is 0.318. The molecule has 0 saturated heterocycles. The minimum atomic E-state index is -2.37. The summed E-state index contributed by atoms with van der Waals surface area (Å²) in [5, 5.41) is 11.5. The summed E-state index contributed by atoms with van der Waals surface area (Å²) in [6.45, 7) is 2.16. The zero-order valence-corrected chi connectivity index (χ0v) is 17.2. The Kier molecular flexibility index (Phi) is 8.36. The van der Waals surface area contributed by atoms with Crippen molar-refractivity contribution in [3.8, 4) is 0 Å². The van der Waals surface area contributed by atoms with Crippen molar-refractivity contribution in [1.29, 1.82) is 0 Å². The topological polar surface area (TPSA) is 108 Å². The molecule has 8 nitrogen and oxygen atoms in total. The summed E-state index contributed by atoms with van der Waals surface area (Å²) in [5.41, 5.74) is -1.64. The zero-order chi connectivity index (χ0) is 22.9. The molecule has 0 bridgehead atoms. The lowest BCUT2D eigenvalue weighted by Crippen LogP contribution is -2.54. The standard InChI is InChI=1S/C22H23FN2O6/c1-3-30-20(26)22(21(27)31-4-2,24-14-16-10-12-18(23)13-11-16)19(15-25(28)29)17-8-6-5-7-9-17/h5-14,19H,3-4,15H2,1-2H3/t19-/m0/s1. The van der Waals surface area contributed by atoms with Gasteiger partial charge in [0.15, 0.2) is 0 Å². The fourth-order valence-electron chi connectivity index (χ4n) is 3.08. The van der Waals surface area contributed by atoms with Crippen LogP contribution in [0.15, 0.2) is 59.6 Å². The second-order valence-electron chi connectivity index (χ2n) is 6.50. The van der Waals surface area contributed by atoms with Gasteiger partial charge in [0, 0.05) is 11.1 Å². The van der Waals surface area contributed by atoms with Gasteiger partial charge < -0.3 is 9.47 Å². The molecule has 31 heavy (non-hydrogen) atoms. The number of rotatable bonds is 10. The van der Waals surface area contributed by atoms with Crippen molar-refractivity contribution in [3.63, 3.8) is 0 Å². The predicted octanol–water partition coefficient (Wildman–Crippen LogP) is 3.17. The number of esters is 2. The van der Waals surface area contributed by atoms with E-state index in [0.717, 1.165) is 0 Å². The molecule has 0 radical (unpaired) electrons. The van der Waals surface area contributed by atoms with Crippen molar-refractivity contribution >= 4 is 18.2 Å². The lowest BCUT2D eigenvalue weighted by Gasteiger charge is -2.31. The number of benzene rings is 2. The molecule has 0 unspecified atom stereocenters. The van der Waals surface area contributed by atoms with E-state index in [1.807, 2.05) is 0 Å². The van der Waals surface area contributed by atoms with Gasteiger partial charge in [-0.15, -0.1) is 0 Å². The maximum atomic E-state index is 13.2. The van der Waals surface area contributed by atoms with Crippen LogP contribution in [0.4, 0.5) is 4.39 Å². The first-order valence-electron chi connectivity index (χ1n) is 9.67. The highest BCUT2D eigenvalue weighted by molar-refractivity contribution is 6.08. The highest BCUT2D eigenvalue weighted by atomic mass is 19.1. The first kappa shape index (κ1) is 23.7. The van der Waals surface area contributed by atoms with Crippen molar-refractivity contribution in [2.24, 2.45) is 4.99 Å². The van der Waals surface area contributed by atoms with Crippen LogP contribution < -0.4 is 0 Å². The molecule has 0 heterocycles. The van der Waals surface area contributed by atoms with E-state index < -0.39 is 40.7 Å². The molecular weight excluding hydrogens is 407 g/mol. The predicted molar refractivity (Wildman–Crippen MR) is 111 cm³/mol. The van der Waals surface area contributed by atoms with Crippen LogP contribution in [-0.2, 0) is 19.1 Å². The van der Waals surface area contributed by atoms with Gasteiger partial charge >= 0.3 is 11.9 Å². The van der Waals surface area contributed by atoms with E-state index >= 15 is 0 Å². The van der Waals surface area contributed by atoms with Crippen LogP contribution in [0.3, 0.4) is 0 Å². The molecule has 164 valence electrons. The van der Waals surface area contributed by atoms with Crippen molar-refractivity contribution in [2.75, 3.05) is 19.8 Å². The summed E-state index contributed by atoms with van der Waals surface area (Å²) in [6, 6.07) is 13.2. The maximum absolute atomic E-state index is 13.2. The van der Waals surface area contributed by atoms with Gasteiger partial charge in [-0.25, -0.2) is 14.0 Å². The number of carbonyl (C=O) groups excluding carboxylic acids is 2. The molecule has 0 spiro atoms. The molecule has 0 amide bonds. The number of aliphatic imine (C=N–C) groups is 1. The molecule has 2 rings (SSSR count). The maximum Gasteiger partial charge on any atom is 0.346 e. The first-order chi connectivity index (χ1) is 14.8. The van der Waals surface area contributed by atoms with Crippen molar-refractivity contribution < 1.29 is 28.4 Å². The number of ether oxygens (including phenoxy) is 2. The van der Waals surface area contributed by atoms with E-state index in [4.69, 9.17) is 9.47 Å². The molecular formula is C22H23FN2O6. The summed E-state index contributed by atoms with van der Waals surface area (Å²) in [4.78, 5) is 41.4. The van der Waals surface area contributed by atoms with Crippen molar-refractivity contribution in [3.05, 3.63) is 81.7 Å². The van der Waals surface area contributed by atoms with Gasteiger partial charge in [-0.3, -0.25) is 15.1 Å². The van der Waals surface area contributed by atoms with Crippen LogP contribution in [-0.4, -0.2) is 48.4 Å². The molecule has 0 aliphatic carbocycles. The van der Waals surface area contributed by atoms with E-state index in [2.05, 4.69) is 4.99 Å². The van der Waals surface area contributed by atoms with Gasteiger partial charge in [0.1, 0.15) is 5.82 Å². The van der Waals surface area contributed by atoms with Gasteiger partial charge in [-0.05, 0) is 37.1 Å². The number of halogens is 1. The number of hydrogen-bond acceptors (Lipinski definition) is 7. The summed E-state index contributed by atoms with van der Waals surface area (Å²) in [5.74, 6) is -3.92. The third-order valence-electron chi connectivity index (χ3n) is 4.50. The lowest BCUT2D eigenvalue weighted by atomic mass is 9.79. The average molecular weight is 430 g/mol. The Bertz CT molecular complexity index is 913. The minimum absolute atomic E-state index is 0.0774. The van der Waals surface area contributed by atoms with Crippen LogP contribution in [0.25, 0.3) is 0 Å². The van der Waals surface area contributed by atoms with Gasteiger partial charge in [0.05, 0.1) is 19.1 Å². The quantitative estimate of drug-likeness (QED) is 0.188. The molecule has 0 aromatic heterocycles. The van der Waals surface area contributed by atoms with Gasteiger partial charge in [-0.1, -0.05) is 42.5 Å². The Balaban J connectivity index is 2.74. The summed E-state index contributed by atoms with van der Waals surface area (Å²) in [6.07, 6.45) is 1.18. The fourth-order valence-corrected chi connectivity index (χ4v) is 3.08. The van der Waals surface area contributed by atoms with Crippen LogP contribution in [0.1, 0.15) is 30.9 Å². The first-order valence-corrected chi connectivity index (χ1v) is 9.67.